The number of halogens is 1. The molecule has 0 atom stereocenters. The molecule has 1 saturated heterocycles. The smallest absolute Gasteiger partial charge is 0.286 e. The largest absolute Gasteiger partial charge is 0.378 e. The molecular weight excluding hydrogens is 401 g/mol. The molecule has 0 N–H and O–H groups in total. The molecular formula is C23H20FN3O2S. The maximum atomic E-state index is 13.2. The number of hydrogen-bond donors (Lipinski definition) is 0. The van der Waals surface area contributed by atoms with Crippen LogP contribution in [0.1, 0.15) is 11.1 Å². The van der Waals surface area contributed by atoms with Crippen LogP contribution in [0.3, 0.4) is 0 Å². The Bertz CT molecular complexity index is 1160. The lowest BCUT2D eigenvalue weighted by Crippen LogP contribution is -2.38. The second-order valence-electron chi connectivity index (χ2n) is 7.27. The molecule has 2 aliphatic heterocycles. The number of nitrogens with zero attached hydrogens (tertiary/aromatic N) is 3. The number of benzene rings is 2. The van der Waals surface area contributed by atoms with Crippen LogP contribution >= 0.6 is 11.8 Å². The van der Waals surface area contributed by atoms with Crippen LogP contribution in [0.4, 0.5) is 4.39 Å². The maximum absolute atomic E-state index is 13.2. The van der Waals surface area contributed by atoms with Crippen molar-refractivity contribution in [2.75, 3.05) is 26.3 Å². The average molecular weight is 421 g/mol. The van der Waals surface area contributed by atoms with Crippen LogP contribution in [0.25, 0.3) is 17.0 Å². The van der Waals surface area contributed by atoms with Gasteiger partial charge in [-0.15, -0.1) is 0 Å². The first kappa shape index (κ1) is 19.1. The second-order valence-corrected chi connectivity index (χ2v) is 8.27. The number of aliphatic imine (C=N–C) groups is 1. The minimum Gasteiger partial charge on any atom is -0.378 e. The van der Waals surface area contributed by atoms with Crippen molar-refractivity contribution in [2.24, 2.45) is 4.99 Å². The van der Waals surface area contributed by atoms with Gasteiger partial charge >= 0.3 is 0 Å². The van der Waals surface area contributed by atoms with E-state index in [0.717, 1.165) is 40.3 Å². The predicted molar refractivity (Wildman–Crippen MR) is 118 cm³/mol. The molecule has 30 heavy (non-hydrogen) atoms. The summed E-state index contributed by atoms with van der Waals surface area (Å²) in [5.41, 5.74) is 3.06. The number of carbonyl (C=O) groups excluding carboxylic acids is 1. The number of ether oxygens (including phenoxy) is 1. The van der Waals surface area contributed by atoms with E-state index in [1.54, 1.807) is 12.1 Å². The molecule has 1 amide bonds. The van der Waals surface area contributed by atoms with E-state index in [2.05, 4.69) is 26.6 Å². The Morgan fingerprint density at radius 3 is 2.67 bits per heavy atom. The van der Waals surface area contributed by atoms with E-state index in [4.69, 9.17) is 4.74 Å². The highest BCUT2D eigenvalue weighted by Gasteiger charge is 2.27. The Labute approximate surface area is 177 Å². The van der Waals surface area contributed by atoms with Crippen LogP contribution < -0.4 is 0 Å². The first-order valence-electron chi connectivity index (χ1n) is 9.85. The zero-order valence-corrected chi connectivity index (χ0v) is 17.1. The number of thioether (sulfide) groups is 1. The van der Waals surface area contributed by atoms with Gasteiger partial charge in [0.05, 0.1) is 18.1 Å². The van der Waals surface area contributed by atoms with Crippen LogP contribution in [0.2, 0.25) is 0 Å². The fraction of sp³-hybridized carbons (Fsp3) is 0.217. The van der Waals surface area contributed by atoms with Crippen molar-refractivity contribution >= 4 is 39.8 Å². The Hall–Kier alpha value is -2.90. The van der Waals surface area contributed by atoms with Crippen LogP contribution in [0.15, 0.2) is 64.6 Å². The summed E-state index contributed by atoms with van der Waals surface area (Å²) in [4.78, 5) is 19.5. The molecule has 1 fully saturated rings. The SMILES string of the molecule is O=C1N=C(N2CCOCC2)S/C1=C/c1cn(Cc2ccc(F)cc2)c2ccccc12. The summed E-state index contributed by atoms with van der Waals surface area (Å²) in [5.74, 6) is -0.439. The van der Waals surface area contributed by atoms with Crippen molar-refractivity contribution in [1.82, 2.24) is 9.47 Å². The lowest BCUT2D eigenvalue weighted by atomic mass is 10.1. The summed E-state index contributed by atoms with van der Waals surface area (Å²) >= 11 is 1.42. The highest BCUT2D eigenvalue weighted by atomic mass is 32.2. The molecule has 2 aromatic carbocycles. The van der Waals surface area contributed by atoms with Gasteiger partial charge in [0.2, 0.25) is 0 Å². The molecule has 2 aliphatic rings. The van der Waals surface area contributed by atoms with Crippen molar-refractivity contribution in [3.8, 4) is 0 Å². The average Bonchev–Trinajstić information content (AvgIpc) is 3.31. The van der Waals surface area contributed by atoms with Crippen LogP contribution in [0, 0.1) is 5.82 Å². The van der Waals surface area contributed by atoms with Gasteiger partial charge in [-0.2, -0.15) is 4.99 Å². The molecule has 0 unspecified atom stereocenters. The zero-order chi connectivity index (χ0) is 20.5. The number of rotatable bonds is 3. The molecule has 152 valence electrons. The summed E-state index contributed by atoms with van der Waals surface area (Å²) in [5, 5.41) is 1.82. The van der Waals surface area contributed by atoms with E-state index in [1.807, 2.05) is 24.4 Å². The number of amides is 1. The van der Waals surface area contributed by atoms with Gasteiger partial charge in [-0.05, 0) is 41.6 Å². The van der Waals surface area contributed by atoms with Crippen molar-refractivity contribution < 1.29 is 13.9 Å². The van der Waals surface area contributed by atoms with Crippen molar-refractivity contribution in [2.45, 2.75) is 6.54 Å². The number of aromatic nitrogens is 1. The molecule has 7 heteroatoms. The van der Waals surface area contributed by atoms with E-state index in [1.165, 1.54) is 23.9 Å². The normalized spacial score (nSPS) is 18.4. The van der Waals surface area contributed by atoms with Gasteiger partial charge in [-0.3, -0.25) is 4.79 Å². The number of hydrogen-bond acceptors (Lipinski definition) is 4. The summed E-state index contributed by atoms with van der Waals surface area (Å²) in [6, 6.07) is 14.6. The Kier molecular flexibility index (Phi) is 5.14. The fourth-order valence-electron chi connectivity index (χ4n) is 3.74. The molecule has 5 rings (SSSR count). The quantitative estimate of drug-likeness (QED) is 0.597. The molecule has 3 aromatic rings. The molecule has 3 heterocycles. The minimum absolute atomic E-state index is 0.197. The summed E-state index contributed by atoms with van der Waals surface area (Å²) < 4.78 is 20.8. The van der Waals surface area contributed by atoms with Gasteiger partial charge in [0.15, 0.2) is 5.17 Å². The second kappa shape index (κ2) is 8.08. The number of para-hydroxylation sites is 1. The first-order valence-corrected chi connectivity index (χ1v) is 10.7. The van der Waals surface area contributed by atoms with E-state index in [0.29, 0.717) is 24.7 Å². The van der Waals surface area contributed by atoms with Crippen molar-refractivity contribution in [3.05, 3.63) is 76.6 Å². The van der Waals surface area contributed by atoms with Crippen LogP contribution in [0.5, 0.6) is 0 Å². The highest BCUT2D eigenvalue weighted by Crippen LogP contribution is 2.33. The monoisotopic (exact) mass is 421 g/mol. The van der Waals surface area contributed by atoms with E-state index in [9.17, 15) is 9.18 Å². The van der Waals surface area contributed by atoms with E-state index < -0.39 is 0 Å². The fourth-order valence-corrected chi connectivity index (χ4v) is 4.69. The molecule has 0 bridgehead atoms. The van der Waals surface area contributed by atoms with Gasteiger partial charge in [0, 0.05) is 42.3 Å². The van der Waals surface area contributed by atoms with Gasteiger partial charge in [-0.25, -0.2) is 4.39 Å². The number of fused-ring (bicyclic) bond motifs is 1. The van der Waals surface area contributed by atoms with E-state index in [-0.39, 0.29) is 11.7 Å². The highest BCUT2D eigenvalue weighted by molar-refractivity contribution is 8.18. The van der Waals surface area contributed by atoms with E-state index >= 15 is 0 Å². The Morgan fingerprint density at radius 1 is 1.10 bits per heavy atom. The van der Waals surface area contributed by atoms with Crippen LogP contribution in [-0.2, 0) is 16.1 Å². The summed E-state index contributed by atoms with van der Waals surface area (Å²) in [7, 11) is 0. The maximum Gasteiger partial charge on any atom is 0.286 e. The van der Waals surface area contributed by atoms with Crippen LogP contribution in [-0.4, -0.2) is 46.8 Å². The zero-order valence-electron chi connectivity index (χ0n) is 16.3. The Balaban J connectivity index is 1.45. The van der Waals surface area contributed by atoms with Gasteiger partial charge in [-0.1, -0.05) is 30.3 Å². The number of carbonyl (C=O) groups is 1. The summed E-state index contributed by atoms with van der Waals surface area (Å²) in [6.45, 7) is 3.45. The summed E-state index contributed by atoms with van der Waals surface area (Å²) in [6.07, 6.45) is 3.97. The van der Waals surface area contributed by atoms with Gasteiger partial charge in [0.25, 0.3) is 5.91 Å². The predicted octanol–water partition coefficient (Wildman–Crippen LogP) is 4.13. The molecule has 1 aromatic heterocycles. The lowest BCUT2D eigenvalue weighted by molar-refractivity contribution is -0.113. The molecule has 0 radical (unpaired) electrons. The third kappa shape index (κ3) is 3.78. The van der Waals surface area contributed by atoms with Gasteiger partial charge in [0.1, 0.15) is 5.82 Å². The number of morpholine rings is 1. The molecule has 0 saturated carbocycles. The molecule has 5 nitrogen and oxygen atoms in total. The third-order valence-corrected chi connectivity index (χ3v) is 6.31. The standard InChI is InChI=1S/C23H20FN3O2S/c24-18-7-5-16(6-8-18)14-27-15-17(19-3-1-2-4-20(19)27)13-21-22(28)25-23(30-21)26-9-11-29-12-10-26/h1-8,13,15H,9-12,14H2/b21-13+. The molecule has 0 aliphatic carbocycles. The number of amidine groups is 1. The van der Waals surface area contributed by atoms with Crippen molar-refractivity contribution in [3.63, 3.8) is 0 Å². The van der Waals surface area contributed by atoms with Crippen molar-refractivity contribution in [1.29, 1.82) is 0 Å². The topological polar surface area (TPSA) is 46.8 Å². The Morgan fingerprint density at radius 2 is 1.87 bits per heavy atom. The lowest BCUT2D eigenvalue weighted by Gasteiger charge is -2.27. The third-order valence-electron chi connectivity index (χ3n) is 5.26. The first-order chi connectivity index (χ1) is 14.7. The van der Waals surface area contributed by atoms with Gasteiger partial charge < -0.3 is 14.2 Å². The minimum atomic E-state index is -0.241. The molecule has 0 spiro atoms.